The zero-order valence-electron chi connectivity index (χ0n) is 18.4. The summed E-state index contributed by atoms with van der Waals surface area (Å²) in [5, 5.41) is 0. The fourth-order valence-electron chi connectivity index (χ4n) is 4.52. The molecule has 2 aromatic rings. The Morgan fingerprint density at radius 2 is 1.56 bits per heavy atom. The van der Waals surface area contributed by atoms with Crippen LogP contribution in [-0.4, -0.2) is 31.9 Å². The first-order valence-corrected chi connectivity index (χ1v) is 10.6. The van der Waals surface area contributed by atoms with Crippen LogP contribution in [0.1, 0.15) is 36.3 Å². The Kier molecular flexibility index (Phi) is 5.95. The first-order valence-electron chi connectivity index (χ1n) is 10.6. The van der Waals surface area contributed by atoms with Gasteiger partial charge < -0.3 is 14.4 Å². The van der Waals surface area contributed by atoms with Crippen LogP contribution < -0.4 is 4.90 Å². The molecule has 0 fully saturated rings. The number of ketones is 1. The van der Waals surface area contributed by atoms with Gasteiger partial charge in [0.25, 0.3) is 0 Å². The smallest absolute Gasteiger partial charge is 0.355 e. The molecule has 1 aliphatic carbocycles. The van der Waals surface area contributed by atoms with Crippen molar-refractivity contribution < 1.29 is 23.9 Å². The number of methoxy groups -OCH3 is 2. The van der Waals surface area contributed by atoms with E-state index in [4.69, 9.17) is 9.47 Å². The van der Waals surface area contributed by atoms with Crippen LogP contribution in [0.15, 0.2) is 77.1 Å². The highest BCUT2D eigenvalue weighted by Gasteiger charge is 2.45. The normalized spacial score (nSPS) is 18.4. The maximum absolute atomic E-state index is 13.3. The fourth-order valence-corrected chi connectivity index (χ4v) is 4.52. The number of hydrogen-bond donors (Lipinski definition) is 0. The Bertz CT molecular complexity index is 1130. The molecule has 2 aromatic carbocycles. The molecule has 4 rings (SSSR count). The second-order valence-electron chi connectivity index (χ2n) is 7.90. The summed E-state index contributed by atoms with van der Waals surface area (Å²) in [6.07, 6.45) is 1.67. The number of benzene rings is 2. The van der Waals surface area contributed by atoms with Gasteiger partial charge in [-0.2, -0.15) is 0 Å². The predicted octanol–water partition coefficient (Wildman–Crippen LogP) is 4.21. The minimum Gasteiger partial charge on any atom is -0.466 e. The van der Waals surface area contributed by atoms with Crippen molar-refractivity contribution in [3.8, 4) is 0 Å². The van der Waals surface area contributed by atoms with E-state index in [-0.39, 0.29) is 17.1 Å². The molecule has 0 bridgehead atoms. The van der Waals surface area contributed by atoms with Crippen LogP contribution in [0.2, 0.25) is 0 Å². The Morgan fingerprint density at radius 3 is 2.19 bits per heavy atom. The maximum Gasteiger partial charge on any atom is 0.355 e. The highest BCUT2D eigenvalue weighted by molar-refractivity contribution is 6.11. The molecule has 6 nitrogen and oxygen atoms in total. The molecule has 0 saturated carbocycles. The van der Waals surface area contributed by atoms with Crippen molar-refractivity contribution in [2.24, 2.45) is 0 Å². The molecular weight excluding hydrogens is 406 g/mol. The average Bonchev–Trinajstić information content (AvgIpc) is 2.83. The molecule has 0 amide bonds. The third-order valence-corrected chi connectivity index (χ3v) is 5.96. The number of esters is 2. The maximum atomic E-state index is 13.3. The number of nitrogens with zero attached hydrogens (tertiary/aromatic N) is 1. The lowest BCUT2D eigenvalue weighted by molar-refractivity contribution is -0.139. The summed E-state index contributed by atoms with van der Waals surface area (Å²) in [6, 6.07) is 16.9. The summed E-state index contributed by atoms with van der Waals surface area (Å²) in [7, 11) is 2.56. The lowest BCUT2D eigenvalue weighted by Crippen LogP contribution is -2.41. The number of Topliss-reactive ketones (excluding diaryl/α,β-unsaturated/α-hetero) is 1. The second kappa shape index (κ2) is 8.83. The topological polar surface area (TPSA) is 72.9 Å². The first-order chi connectivity index (χ1) is 15.5. The van der Waals surface area contributed by atoms with Gasteiger partial charge in [0.15, 0.2) is 5.78 Å². The molecule has 0 radical (unpaired) electrons. The van der Waals surface area contributed by atoms with Gasteiger partial charge in [0.05, 0.1) is 19.8 Å². The van der Waals surface area contributed by atoms with E-state index in [2.05, 4.69) is 0 Å². The number of carbonyl (C=O) groups excluding carboxylic acids is 3. The molecule has 0 N–H and O–H groups in total. The molecule has 0 saturated heterocycles. The quantitative estimate of drug-likeness (QED) is 0.676. The van der Waals surface area contributed by atoms with Gasteiger partial charge in [0.1, 0.15) is 5.70 Å². The molecule has 32 heavy (non-hydrogen) atoms. The summed E-state index contributed by atoms with van der Waals surface area (Å²) in [6.45, 7) is 1.97. The molecule has 0 aromatic heterocycles. The van der Waals surface area contributed by atoms with Gasteiger partial charge in [0.2, 0.25) is 0 Å². The van der Waals surface area contributed by atoms with Crippen molar-refractivity contribution in [3.63, 3.8) is 0 Å². The lowest BCUT2D eigenvalue weighted by Gasteiger charge is -2.40. The van der Waals surface area contributed by atoms with Crippen molar-refractivity contribution in [1.29, 1.82) is 0 Å². The molecular formula is C26H25NO5. The summed E-state index contributed by atoms with van der Waals surface area (Å²) < 4.78 is 10.2. The molecule has 1 atom stereocenters. The van der Waals surface area contributed by atoms with Gasteiger partial charge in [-0.15, -0.1) is 0 Å². The van der Waals surface area contributed by atoms with E-state index in [1.54, 1.807) is 4.90 Å². The third-order valence-electron chi connectivity index (χ3n) is 5.96. The summed E-state index contributed by atoms with van der Waals surface area (Å²) >= 11 is 0. The van der Waals surface area contributed by atoms with E-state index < -0.39 is 17.9 Å². The summed E-state index contributed by atoms with van der Waals surface area (Å²) in [4.78, 5) is 41.3. The van der Waals surface area contributed by atoms with Crippen LogP contribution in [0.4, 0.5) is 5.69 Å². The van der Waals surface area contributed by atoms with E-state index in [0.29, 0.717) is 30.5 Å². The number of hydrogen-bond acceptors (Lipinski definition) is 6. The molecule has 1 unspecified atom stereocenters. The standard InChI is InChI=1S/C26H25NO5/c1-16-12-14-18(15-13-16)27-19-10-7-11-20(28)22(19)21(17-8-5-4-6-9-17)23(25(29)31-2)24(27)26(30)32-3/h4-6,8-9,12-15,21H,7,10-11H2,1-3H3. The van der Waals surface area contributed by atoms with Crippen LogP contribution in [0.3, 0.4) is 0 Å². The van der Waals surface area contributed by atoms with Crippen LogP contribution >= 0.6 is 0 Å². The Balaban J connectivity index is 2.09. The first kappa shape index (κ1) is 21.6. The zero-order valence-corrected chi connectivity index (χ0v) is 18.4. The molecule has 1 aliphatic heterocycles. The van der Waals surface area contributed by atoms with Gasteiger partial charge >= 0.3 is 11.9 Å². The number of allylic oxidation sites excluding steroid dienone is 2. The van der Waals surface area contributed by atoms with Crippen molar-refractivity contribution in [1.82, 2.24) is 0 Å². The highest BCUT2D eigenvalue weighted by atomic mass is 16.5. The average molecular weight is 431 g/mol. The molecule has 0 spiro atoms. The largest absolute Gasteiger partial charge is 0.466 e. The SMILES string of the molecule is COC(=O)C1=C(C(=O)OC)N(c2ccc(C)cc2)C2=C(C(=O)CCC2)C1c1ccccc1. The van der Waals surface area contributed by atoms with E-state index >= 15 is 0 Å². The van der Waals surface area contributed by atoms with Crippen LogP contribution in [0.5, 0.6) is 0 Å². The Morgan fingerprint density at radius 1 is 0.906 bits per heavy atom. The summed E-state index contributed by atoms with van der Waals surface area (Å²) in [5.41, 5.74) is 3.96. The highest BCUT2D eigenvalue weighted by Crippen LogP contribution is 2.48. The van der Waals surface area contributed by atoms with Crippen molar-refractivity contribution >= 4 is 23.4 Å². The molecule has 164 valence electrons. The molecule has 6 heteroatoms. The van der Waals surface area contributed by atoms with E-state index in [9.17, 15) is 14.4 Å². The molecule has 2 aliphatic rings. The fraction of sp³-hybridized carbons (Fsp3) is 0.269. The van der Waals surface area contributed by atoms with Gasteiger partial charge in [-0.05, 0) is 37.5 Å². The third kappa shape index (κ3) is 3.62. The number of rotatable bonds is 4. The van der Waals surface area contributed by atoms with Gasteiger partial charge in [-0.1, -0.05) is 48.0 Å². The van der Waals surface area contributed by atoms with E-state index in [0.717, 1.165) is 16.8 Å². The predicted molar refractivity (Wildman–Crippen MR) is 120 cm³/mol. The van der Waals surface area contributed by atoms with E-state index in [1.807, 2.05) is 61.5 Å². The Hall–Kier alpha value is -3.67. The number of anilines is 1. The number of carbonyl (C=O) groups is 3. The van der Waals surface area contributed by atoms with Crippen molar-refractivity contribution in [2.45, 2.75) is 32.1 Å². The monoisotopic (exact) mass is 431 g/mol. The zero-order chi connectivity index (χ0) is 22.8. The minimum absolute atomic E-state index is 0.0254. The number of ether oxygens (including phenoxy) is 2. The van der Waals surface area contributed by atoms with Crippen molar-refractivity contribution in [2.75, 3.05) is 19.1 Å². The second-order valence-corrected chi connectivity index (χ2v) is 7.90. The van der Waals surface area contributed by atoms with Gasteiger partial charge in [-0.3, -0.25) is 4.79 Å². The van der Waals surface area contributed by atoms with Gasteiger partial charge in [-0.25, -0.2) is 9.59 Å². The lowest BCUT2D eigenvalue weighted by atomic mass is 9.74. The van der Waals surface area contributed by atoms with Crippen molar-refractivity contribution in [3.05, 3.63) is 88.3 Å². The van der Waals surface area contributed by atoms with E-state index in [1.165, 1.54) is 14.2 Å². The summed E-state index contributed by atoms with van der Waals surface area (Å²) in [5.74, 6) is -2.05. The van der Waals surface area contributed by atoms with Crippen LogP contribution in [0.25, 0.3) is 0 Å². The molecule has 1 heterocycles. The van der Waals surface area contributed by atoms with Crippen LogP contribution in [-0.2, 0) is 23.9 Å². The number of aryl methyl sites for hydroxylation is 1. The minimum atomic E-state index is -0.706. The van der Waals surface area contributed by atoms with Gasteiger partial charge in [0, 0.05) is 29.3 Å². The van der Waals surface area contributed by atoms with Crippen LogP contribution in [0, 0.1) is 6.92 Å². The Labute approximate surface area is 187 Å².